The van der Waals surface area contributed by atoms with Crippen LogP contribution in [0.2, 0.25) is 5.02 Å². The molecule has 1 aliphatic rings. The van der Waals surface area contributed by atoms with Gasteiger partial charge in [0.2, 0.25) is 0 Å². The van der Waals surface area contributed by atoms with Crippen LogP contribution in [0.15, 0.2) is 36.4 Å². The summed E-state index contributed by atoms with van der Waals surface area (Å²) in [5, 5.41) is 3.78. The predicted octanol–water partition coefficient (Wildman–Crippen LogP) is 3.44. The molecule has 0 radical (unpaired) electrons. The molecule has 0 fully saturated rings. The van der Waals surface area contributed by atoms with Gasteiger partial charge in [0.15, 0.2) is 11.5 Å². The first-order valence-corrected chi connectivity index (χ1v) is 6.32. The second kappa shape index (κ2) is 4.90. The molecule has 1 heterocycles. The molecule has 0 bridgehead atoms. The molecule has 3 N–H and O–H groups in total. The lowest BCUT2D eigenvalue weighted by Crippen LogP contribution is -2.15. The van der Waals surface area contributed by atoms with Crippen molar-refractivity contribution in [1.29, 1.82) is 0 Å². The third kappa shape index (κ3) is 2.39. The van der Waals surface area contributed by atoms with Crippen LogP contribution in [0, 0.1) is 0 Å². The van der Waals surface area contributed by atoms with Crippen LogP contribution < -0.4 is 20.5 Å². The summed E-state index contributed by atoms with van der Waals surface area (Å²) in [6, 6.07) is 11.0. The minimum Gasteiger partial charge on any atom is -0.486 e. The van der Waals surface area contributed by atoms with Gasteiger partial charge in [-0.15, -0.1) is 0 Å². The summed E-state index contributed by atoms with van der Waals surface area (Å²) in [6.45, 7) is 1.14. The first-order chi connectivity index (χ1) is 9.24. The van der Waals surface area contributed by atoms with Crippen molar-refractivity contribution in [3.05, 3.63) is 41.4 Å². The van der Waals surface area contributed by atoms with Crippen molar-refractivity contribution in [2.75, 3.05) is 24.3 Å². The lowest BCUT2D eigenvalue weighted by atomic mass is 10.2. The SMILES string of the molecule is Nc1cccc(Cl)c1Nc1ccc2c(c1)OCCO2. The zero-order chi connectivity index (χ0) is 13.2. The quantitative estimate of drug-likeness (QED) is 0.825. The Hall–Kier alpha value is -2.07. The lowest BCUT2D eigenvalue weighted by Gasteiger charge is -2.19. The van der Waals surface area contributed by atoms with Crippen molar-refractivity contribution in [3.63, 3.8) is 0 Å². The largest absolute Gasteiger partial charge is 0.486 e. The second-order valence-electron chi connectivity index (χ2n) is 4.19. The maximum Gasteiger partial charge on any atom is 0.163 e. The number of rotatable bonds is 2. The number of ether oxygens (including phenoxy) is 2. The molecule has 2 aromatic carbocycles. The molecule has 0 amide bonds. The molecule has 4 nitrogen and oxygen atoms in total. The molecular formula is C14H13ClN2O2. The Morgan fingerprint density at radius 2 is 1.84 bits per heavy atom. The van der Waals surface area contributed by atoms with E-state index in [2.05, 4.69) is 5.32 Å². The van der Waals surface area contributed by atoms with Gasteiger partial charge in [0.25, 0.3) is 0 Å². The molecule has 5 heteroatoms. The molecular weight excluding hydrogens is 264 g/mol. The molecule has 2 aromatic rings. The van der Waals surface area contributed by atoms with Crippen molar-refractivity contribution in [2.45, 2.75) is 0 Å². The van der Waals surface area contributed by atoms with Crippen molar-refractivity contribution in [3.8, 4) is 11.5 Å². The van der Waals surface area contributed by atoms with Crippen LogP contribution in [0.25, 0.3) is 0 Å². The monoisotopic (exact) mass is 276 g/mol. The van der Waals surface area contributed by atoms with E-state index in [1.54, 1.807) is 12.1 Å². The minimum atomic E-state index is 0.560. The number of hydrogen-bond donors (Lipinski definition) is 2. The summed E-state index contributed by atoms with van der Waals surface area (Å²) in [6.07, 6.45) is 0. The van der Waals surface area contributed by atoms with E-state index in [-0.39, 0.29) is 0 Å². The Labute approximate surface area is 116 Å². The van der Waals surface area contributed by atoms with Crippen molar-refractivity contribution < 1.29 is 9.47 Å². The summed E-state index contributed by atoms with van der Waals surface area (Å²) in [5.41, 5.74) is 8.05. The normalized spacial score (nSPS) is 13.1. The van der Waals surface area contributed by atoms with E-state index >= 15 is 0 Å². The van der Waals surface area contributed by atoms with E-state index < -0.39 is 0 Å². The van der Waals surface area contributed by atoms with Gasteiger partial charge in [-0.25, -0.2) is 0 Å². The number of para-hydroxylation sites is 1. The fourth-order valence-corrected chi connectivity index (χ4v) is 2.17. The van der Waals surface area contributed by atoms with Gasteiger partial charge in [0, 0.05) is 11.8 Å². The van der Waals surface area contributed by atoms with Gasteiger partial charge < -0.3 is 20.5 Å². The van der Waals surface area contributed by atoms with Gasteiger partial charge in [-0.05, 0) is 24.3 Å². The zero-order valence-corrected chi connectivity index (χ0v) is 10.9. The Balaban J connectivity index is 1.91. The highest BCUT2D eigenvalue weighted by Crippen LogP contribution is 2.36. The van der Waals surface area contributed by atoms with Gasteiger partial charge in [0.1, 0.15) is 13.2 Å². The van der Waals surface area contributed by atoms with Crippen LogP contribution in [0.1, 0.15) is 0 Å². The van der Waals surface area contributed by atoms with Crippen molar-refractivity contribution >= 4 is 28.7 Å². The molecule has 1 aliphatic heterocycles. The maximum absolute atomic E-state index is 6.12. The predicted molar refractivity (Wildman–Crippen MR) is 76.6 cm³/mol. The molecule has 0 atom stereocenters. The van der Waals surface area contributed by atoms with Gasteiger partial charge in [0.05, 0.1) is 16.4 Å². The summed E-state index contributed by atoms with van der Waals surface area (Å²) in [5.74, 6) is 1.48. The number of halogens is 1. The molecule has 0 saturated heterocycles. The van der Waals surface area contributed by atoms with E-state index in [1.165, 1.54) is 0 Å². The highest BCUT2D eigenvalue weighted by Gasteiger charge is 2.12. The van der Waals surface area contributed by atoms with Crippen LogP contribution in [0.5, 0.6) is 11.5 Å². The number of nitrogens with two attached hydrogens (primary N) is 1. The topological polar surface area (TPSA) is 56.5 Å². The average molecular weight is 277 g/mol. The van der Waals surface area contributed by atoms with Crippen LogP contribution in [0.3, 0.4) is 0 Å². The Bertz CT molecular complexity index is 596. The maximum atomic E-state index is 6.12. The fraction of sp³-hybridized carbons (Fsp3) is 0.143. The molecule has 0 aromatic heterocycles. The van der Waals surface area contributed by atoms with E-state index in [4.69, 9.17) is 26.8 Å². The van der Waals surface area contributed by atoms with E-state index in [9.17, 15) is 0 Å². The summed E-state index contributed by atoms with van der Waals surface area (Å²) < 4.78 is 11.0. The van der Waals surface area contributed by atoms with Crippen molar-refractivity contribution in [1.82, 2.24) is 0 Å². The smallest absolute Gasteiger partial charge is 0.163 e. The molecule has 3 rings (SSSR count). The average Bonchev–Trinajstić information content (AvgIpc) is 2.43. The fourth-order valence-electron chi connectivity index (χ4n) is 1.94. The van der Waals surface area contributed by atoms with Gasteiger partial charge in [-0.3, -0.25) is 0 Å². The Morgan fingerprint density at radius 3 is 2.63 bits per heavy atom. The van der Waals surface area contributed by atoms with Gasteiger partial charge in [-0.2, -0.15) is 0 Å². The van der Waals surface area contributed by atoms with Crippen LogP contribution in [0.4, 0.5) is 17.1 Å². The van der Waals surface area contributed by atoms with Crippen LogP contribution in [-0.2, 0) is 0 Å². The molecule has 98 valence electrons. The van der Waals surface area contributed by atoms with Crippen LogP contribution >= 0.6 is 11.6 Å². The molecule has 0 saturated carbocycles. The minimum absolute atomic E-state index is 0.560. The van der Waals surface area contributed by atoms with E-state index in [1.807, 2.05) is 24.3 Å². The zero-order valence-electron chi connectivity index (χ0n) is 10.2. The number of nitrogen functional groups attached to an aromatic ring is 1. The standard InChI is InChI=1S/C14H13ClN2O2/c15-10-2-1-3-11(16)14(10)17-9-4-5-12-13(8-9)19-7-6-18-12/h1-5,8,17H,6-7,16H2. The molecule has 0 aliphatic carbocycles. The third-order valence-corrected chi connectivity index (χ3v) is 3.17. The summed E-state index contributed by atoms with van der Waals surface area (Å²) in [4.78, 5) is 0. The number of hydrogen-bond acceptors (Lipinski definition) is 4. The van der Waals surface area contributed by atoms with Gasteiger partial charge >= 0.3 is 0 Å². The molecule has 19 heavy (non-hydrogen) atoms. The van der Waals surface area contributed by atoms with Crippen LogP contribution in [-0.4, -0.2) is 13.2 Å². The third-order valence-electron chi connectivity index (χ3n) is 2.86. The molecule has 0 unspecified atom stereocenters. The Morgan fingerprint density at radius 1 is 1.05 bits per heavy atom. The van der Waals surface area contributed by atoms with E-state index in [0.29, 0.717) is 29.6 Å². The highest BCUT2D eigenvalue weighted by atomic mass is 35.5. The second-order valence-corrected chi connectivity index (χ2v) is 4.59. The first kappa shape index (κ1) is 12.0. The van der Waals surface area contributed by atoms with E-state index in [0.717, 1.165) is 17.2 Å². The van der Waals surface area contributed by atoms with Gasteiger partial charge in [-0.1, -0.05) is 17.7 Å². The summed E-state index contributed by atoms with van der Waals surface area (Å²) >= 11 is 6.12. The number of anilines is 3. The number of fused-ring (bicyclic) bond motifs is 1. The number of benzene rings is 2. The molecule has 0 spiro atoms. The van der Waals surface area contributed by atoms with Crippen molar-refractivity contribution in [2.24, 2.45) is 0 Å². The number of nitrogens with one attached hydrogen (secondary N) is 1. The highest BCUT2D eigenvalue weighted by molar-refractivity contribution is 6.34. The lowest BCUT2D eigenvalue weighted by molar-refractivity contribution is 0.171. The Kier molecular flexibility index (Phi) is 3.09. The first-order valence-electron chi connectivity index (χ1n) is 5.95. The summed E-state index contributed by atoms with van der Waals surface area (Å²) in [7, 11) is 0.